The van der Waals surface area contributed by atoms with Crippen molar-refractivity contribution in [1.29, 1.82) is 0 Å². The average Bonchev–Trinajstić information content (AvgIpc) is 2.85. The Bertz CT molecular complexity index is 231. The fourth-order valence-corrected chi connectivity index (χ4v) is 2.75. The molecule has 1 heterocycles. The molecule has 0 amide bonds. The van der Waals surface area contributed by atoms with Crippen LogP contribution < -0.4 is 0 Å². The van der Waals surface area contributed by atoms with Crippen LogP contribution in [0.15, 0.2) is 4.99 Å². The highest BCUT2D eigenvalue weighted by Gasteiger charge is 2.19. The fourth-order valence-electron chi connectivity index (χ4n) is 2.75. The molecule has 0 aromatic carbocycles. The molecule has 1 N–H and O–H groups in total. The Hall–Kier alpha value is -0.410. The molecule has 0 aromatic heterocycles. The molecule has 0 saturated carbocycles. The number of β-amino-alcohol motifs (C(OH)–C–C–N with tert-alkyl or cyclic N) is 1. The number of rotatable bonds is 12. The van der Waals surface area contributed by atoms with Gasteiger partial charge in [0, 0.05) is 19.3 Å². The summed E-state index contributed by atoms with van der Waals surface area (Å²) < 4.78 is 0. The van der Waals surface area contributed by atoms with Crippen molar-refractivity contribution in [2.75, 3.05) is 19.7 Å². The van der Waals surface area contributed by atoms with Crippen LogP contribution in [0.1, 0.15) is 71.1 Å². The summed E-state index contributed by atoms with van der Waals surface area (Å²) in [6, 6.07) is 0. The van der Waals surface area contributed by atoms with Gasteiger partial charge in [-0.25, -0.2) is 0 Å². The van der Waals surface area contributed by atoms with Crippen molar-refractivity contribution in [3.05, 3.63) is 0 Å². The molecule has 0 radical (unpaired) electrons. The summed E-state index contributed by atoms with van der Waals surface area (Å²) in [6.45, 7) is 4.20. The molecule has 1 rings (SSSR count). The van der Waals surface area contributed by atoms with Crippen LogP contribution in [0.2, 0.25) is 0 Å². The van der Waals surface area contributed by atoms with E-state index in [9.17, 15) is 0 Å². The minimum Gasteiger partial charge on any atom is -0.395 e. The first-order valence-corrected chi connectivity index (χ1v) is 8.25. The van der Waals surface area contributed by atoms with E-state index in [0.29, 0.717) is 6.17 Å². The number of hydrogen-bond acceptors (Lipinski definition) is 3. The van der Waals surface area contributed by atoms with Gasteiger partial charge in [-0.2, -0.15) is 0 Å². The van der Waals surface area contributed by atoms with Crippen molar-refractivity contribution < 1.29 is 5.11 Å². The normalized spacial score (nSPS) is 19.4. The van der Waals surface area contributed by atoms with Gasteiger partial charge in [0.2, 0.25) is 0 Å². The molecule has 0 saturated heterocycles. The van der Waals surface area contributed by atoms with Gasteiger partial charge < -0.3 is 5.11 Å². The first-order chi connectivity index (χ1) is 9.38. The molecule has 19 heavy (non-hydrogen) atoms. The third kappa shape index (κ3) is 7.68. The number of hydrogen-bond donors (Lipinski definition) is 1. The summed E-state index contributed by atoms with van der Waals surface area (Å²) in [5.41, 5.74) is 0. The molecule has 3 heteroatoms. The summed E-state index contributed by atoms with van der Waals surface area (Å²) in [5, 5.41) is 8.98. The van der Waals surface area contributed by atoms with Crippen molar-refractivity contribution >= 4 is 6.21 Å². The molecule has 1 aliphatic heterocycles. The minimum atomic E-state index is 0.248. The Kier molecular flexibility index (Phi) is 10.0. The summed E-state index contributed by atoms with van der Waals surface area (Å²) in [5.74, 6) is 0. The van der Waals surface area contributed by atoms with Gasteiger partial charge in [-0.3, -0.25) is 9.89 Å². The lowest BCUT2D eigenvalue weighted by molar-refractivity contribution is 0.176. The van der Waals surface area contributed by atoms with Gasteiger partial charge >= 0.3 is 0 Å². The number of nitrogens with zero attached hydrogens (tertiary/aromatic N) is 2. The Balaban J connectivity index is 1.89. The monoisotopic (exact) mass is 268 g/mol. The number of aliphatic hydroxyl groups excluding tert-OH is 1. The van der Waals surface area contributed by atoms with Gasteiger partial charge in [-0.15, -0.1) is 0 Å². The topological polar surface area (TPSA) is 35.8 Å². The summed E-state index contributed by atoms with van der Waals surface area (Å²) in [6.07, 6.45) is 15.9. The number of aliphatic imine (C=N–C) groups is 1. The zero-order valence-electron chi connectivity index (χ0n) is 12.7. The van der Waals surface area contributed by atoms with E-state index in [0.717, 1.165) is 19.5 Å². The Morgan fingerprint density at radius 3 is 2.32 bits per heavy atom. The summed E-state index contributed by atoms with van der Waals surface area (Å²) >= 11 is 0. The Morgan fingerprint density at radius 1 is 1.05 bits per heavy atom. The van der Waals surface area contributed by atoms with Crippen LogP contribution in [0.4, 0.5) is 0 Å². The maximum atomic E-state index is 8.98. The second kappa shape index (κ2) is 11.4. The smallest absolute Gasteiger partial charge is 0.102 e. The molecule has 1 aliphatic rings. The van der Waals surface area contributed by atoms with E-state index in [1.807, 2.05) is 6.21 Å². The molecule has 0 fully saturated rings. The van der Waals surface area contributed by atoms with Crippen LogP contribution in [-0.2, 0) is 0 Å². The molecule has 0 aromatic rings. The summed E-state index contributed by atoms with van der Waals surface area (Å²) in [4.78, 5) is 6.76. The van der Waals surface area contributed by atoms with Crippen molar-refractivity contribution in [2.45, 2.75) is 77.3 Å². The maximum Gasteiger partial charge on any atom is 0.102 e. The lowest BCUT2D eigenvalue weighted by Gasteiger charge is -2.21. The maximum absolute atomic E-state index is 8.98. The molecule has 112 valence electrons. The van der Waals surface area contributed by atoms with Crippen molar-refractivity contribution in [1.82, 2.24) is 4.90 Å². The molecule has 3 nitrogen and oxygen atoms in total. The van der Waals surface area contributed by atoms with E-state index in [2.05, 4.69) is 16.8 Å². The molecule has 1 unspecified atom stereocenters. The second-order valence-electron chi connectivity index (χ2n) is 5.65. The van der Waals surface area contributed by atoms with Gasteiger partial charge in [0.15, 0.2) is 0 Å². The zero-order chi connectivity index (χ0) is 13.8. The standard InChI is InChI=1S/C16H32N2O/c1-2-3-4-5-6-7-8-9-10-11-16-17-12-13-18(16)14-15-19/h12,16,19H,2-11,13-15H2,1H3. The fraction of sp³-hybridized carbons (Fsp3) is 0.938. The number of aliphatic hydroxyl groups is 1. The molecule has 0 spiro atoms. The van der Waals surface area contributed by atoms with Gasteiger partial charge in [-0.05, 0) is 12.8 Å². The highest BCUT2D eigenvalue weighted by atomic mass is 16.3. The highest BCUT2D eigenvalue weighted by molar-refractivity contribution is 5.62. The predicted molar refractivity (Wildman–Crippen MR) is 82.8 cm³/mol. The van der Waals surface area contributed by atoms with E-state index in [1.165, 1.54) is 57.8 Å². The van der Waals surface area contributed by atoms with Gasteiger partial charge in [0.05, 0.1) is 6.61 Å². The zero-order valence-corrected chi connectivity index (χ0v) is 12.7. The number of unbranched alkanes of at least 4 members (excludes halogenated alkanes) is 8. The van der Waals surface area contributed by atoms with E-state index < -0.39 is 0 Å². The van der Waals surface area contributed by atoms with Crippen LogP contribution in [0.5, 0.6) is 0 Å². The second-order valence-corrected chi connectivity index (χ2v) is 5.65. The Morgan fingerprint density at radius 2 is 1.68 bits per heavy atom. The molecule has 1 atom stereocenters. The van der Waals surface area contributed by atoms with Crippen molar-refractivity contribution in [2.24, 2.45) is 4.99 Å². The van der Waals surface area contributed by atoms with E-state index in [1.54, 1.807) is 0 Å². The average molecular weight is 268 g/mol. The SMILES string of the molecule is CCCCCCCCCCCC1N=CCN1CCO. The van der Waals surface area contributed by atoms with Crippen LogP contribution >= 0.6 is 0 Å². The lowest BCUT2D eigenvalue weighted by atomic mass is 10.1. The molecular formula is C16H32N2O. The third-order valence-electron chi connectivity index (χ3n) is 3.97. The van der Waals surface area contributed by atoms with Gasteiger partial charge in [0.25, 0.3) is 0 Å². The van der Waals surface area contributed by atoms with Crippen LogP contribution in [0.25, 0.3) is 0 Å². The van der Waals surface area contributed by atoms with E-state index in [-0.39, 0.29) is 6.61 Å². The van der Waals surface area contributed by atoms with Crippen LogP contribution in [0, 0.1) is 0 Å². The molecule has 0 bridgehead atoms. The van der Waals surface area contributed by atoms with Crippen molar-refractivity contribution in [3.63, 3.8) is 0 Å². The minimum absolute atomic E-state index is 0.248. The Labute approximate surface area is 119 Å². The van der Waals surface area contributed by atoms with Crippen LogP contribution in [0.3, 0.4) is 0 Å². The predicted octanol–water partition coefficient (Wildman–Crippen LogP) is 3.61. The van der Waals surface area contributed by atoms with Gasteiger partial charge in [-0.1, -0.05) is 58.3 Å². The van der Waals surface area contributed by atoms with Crippen LogP contribution in [-0.4, -0.2) is 42.1 Å². The first-order valence-electron chi connectivity index (χ1n) is 8.25. The highest BCUT2D eigenvalue weighted by Crippen LogP contribution is 2.16. The molecule has 0 aliphatic carbocycles. The quantitative estimate of drug-likeness (QED) is 0.549. The largest absolute Gasteiger partial charge is 0.395 e. The van der Waals surface area contributed by atoms with E-state index in [4.69, 9.17) is 5.11 Å². The lowest BCUT2D eigenvalue weighted by Crippen LogP contribution is -2.32. The first kappa shape index (κ1) is 16.6. The summed E-state index contributed by atoms with van der Waals surface area (Å²) in [7, 11) is 0. The third-order valence-corrected chi connectivity index (χ3v) is 3.97. The van der Waals surface area contributed by atoms with Crippen molar-refractivity contribution in [3.8, 4) is 0 Å². The molecular weight excluding hydrogens is 236 g/mol. The van der Waals surface area contributed by atoms with Gasteiger partial charge in [0.1, 0.15) is 6.17 Å². The van der Waals surface area contributed by atoms with E-state index >= 15 is 0 Å².